The highest BCUT2D eigenvalue weighted by Crippen LogP contribution is 2.29. The lowest BCUT2D eigenvalue weighted by Crippen LogP contribution is -2.52. The first-order chi connectivity index (χ1) is 9.78. The average molecular weight is 292 g/mol. The molecule has 21 heavy (non-hydrogen) atoms. The molecule has 1 aromatic carbocycles. The highest BCUT2D eigenvalue weighted by Gasteiger charge is 2.27. The van der Waals surface area contributed by atoms with Crippen LogP contribution in [-0.2, 0) is 5.41 Å². The van der Waals surface area contributed by atoms with Crippen LogP contribution in [0.1, 0.15) is 53.0 Å². The molecule has 0 atom stereocenters. The number of urea groups is 1. The van der Waals surface area contributed by atoms with Gasteiger partial charge in [0.25, 0.3) is 0 Å². The Morgan fingerprint density at radius 2 is 1.71 bits per heavy atom. The van der Waals surface area contributed by atoms with Crippen LogP contribution in [0.2, 0.25) is 0 Å². The van der Waals surface area contributed by atoms with Gasteiger partial charge in [0.1, 0.15) is 0 Å². The maximum absolute atomic E-state index is 12.3. The largest absolute Gasteiger partial charge is 0.394 e. The predicted molar refractivity (Wildman–Crippen MR) is 87.7 cm³/mol. The summed E-state index contributed by atoms with van der Waals surface area (Å²) in [6.07, 6.45) is 1.38. The van der Waals surface area contributed by atoms with E-state index < -0.39 is 5.54 Å². The van der Waals surface area contributed by atoms with E-state index in [4.69, 9.17) is 0 Å². The van der Waals surface area contributed by atoms with Gasteiger partial charge in [-0.3, -0.25) is 0 Å². The Morgan fingerprint density at radius 1 is 1.14 bits per heavy atom. The molecule has 0 unspecified atom stereocenters. The second-order valence-electron chi connectivity index (χ2n) is 6.52. The van der Waals surface area contributed by atoms with Crippen molar-refractivity contribution in [3.8, 4) is 0 Å². The third-order valence-electron chi connectivity index (χ3n) is 4.02. The number of para-hydroxylation sites is 1. The highest BCUT2D eigenvalue weighted by atomic mass is 16.3. The minimum absolute atomic E-state index is 0.0482. The Bertz CT molecular complexity index is 466. The van der Waals surface area contributed by atoms with E-state index in [-0.39, 0.29) is 18.1 Å². The number of amides is 2. The molecule has 0 bridgehead atoms. The maximum Gasteiger partial charge on any atom is 0.319 e. The second-order valence-corrected chi connectivity index (χ2v) is 6.52. The summed E-state index contributed by atoms with van der Waals surface area (Å²) in [7, 11) is 0. The van der Waals surface area contributed by atoms with Gasteiger partial charge in [-0.1, -0.05) is 52.8 Å². The molecular formula is C17H28N2O2. The predicted octanol–water partition coefficient (Wildman–Crippen LogP) is 3.66. The van der Waals surface area contributed by atoms with Gasteiger partial charge in [-0.15, -0.1) is 0 Å². The van der Waals surface area contributed by atoms with Crippen molar-refractivity contribution in [1.82, 2.24) is 5.32 Å². The Morgan fingerprint density at radius 3 is 2.19 bits per heavy atom. The average Bonchev–Trinajstić information content (AvgIpc) is 2.44. The van der Waals surface area contributed by atoms with Crippen LogP contribution in [0.4, 0.5) is 10.5 Å². The van der Waals surface area contributed by atoms with Crippen molar-refractivity contribution in [3.63, 3.8) is 0 Å². The number of hydrogen-bond donors (Lipinski definition) is 3. The van der Waals surface area contributed by atoms with Gasteiger partial charge in [0.15, 0.2) is 0 Å². The van der Waals surface area contributed by atoms with Gasteiger partial charge in [-0.05, 0) is 29.9 Å². The van der Waals surface area contributed by atoms with Gasteiger partial charge in [-0.2, -0.15) is 0 Å². The molecule has 0 aliphatic carbocycles. The number of aliphatic hydroxyl groups excluding tert-OH is 1. The highest BCUT2D eigenvalue weighted by molar-refractivity contribution is 5.90. The smallest absolute Gasteiger partial charge is 0.319 e. The Kier molecular flexibility index (Phi) is 5.78. The van der Waals surface area contributed by atoms with Crippen LogP contribution in [0.5, 0.6) is 0 Å². The van der Waals surface area contributed by atoms with Crippen LogP contribution >= 0.6 is 0 Å². The molecule has 4 nitrogen and oxygen atoms in total. The van der Waals surface area contributed by atoms with Gasteiger partial charge < -0.3 is 15.7 Å². The van der Waals surface area contributed by atoms with E-state index in [1.807, 2.05) is 38.1 Å². The summed E-state index contributed by atoms with van der Waals surface area (Å²) in [5.41, 5.74) is 1.29. The van der Waals surface area contributed by atoms with E-state index >= 15 is 0 Å². The molecule has 0 saturated heterocycles. The molecule has 0 aliphatic rings. The Balaban J connectivity index is 2.90. The molecule has 3 N–H and O–H groups in total. The van der Waals surface area contributed by atoms with Crippen LogP contribution in [-0.4, -0.2) is 23.3 Å². The van der Waals surface area contributed by atoms with Gasteiger partial charge in [0, 0.05) is 5.69 Å². The molecule has 0 spiro atoms. The van der Waals surface area contributed by atoms with Crippen molar-refractivity contribution in [2.45, 2.75) is 58.4 Å². The van der Waals surface area contributed by atoms with Crippen LogP contribution in [0.25, 0.3) is 0 Å². The number of aliphatic hydroxyl groups is 1. The third-order valence-corrected chi connectivity index (χ3v) is 4.02. The lowest BCUT2D eigenvalue weighted by Gasteiger charge is -2.31. The minimum atomic E-state index is -0.555. The van der Waals surface area contributed by atoms with E-state index in [0.29, 0.717) is 12.8 Å². The molecule has 0 saturated carbocycles. The fourth-order valence-electron chi connectivity index (χ4n) is 2.33. The number of hydrogen-bond acceptors (Lipinski definition) is 2. The maximum atomic E-state index is 12.3. The molecule has 0 heterocycles. The molecule has 2 amide bonds. The number of anilines is 1. The molecule has 0 fully saturated rings. The zero-order valence-corrected chi connectivity index (χ0v) is 13.8. The quantitative estimate of drug-likeness (QED) is 0.775. The van der Waals surface area contributed by atoms with Crippen molar-refractivity contribution in [2.24, 2.45) is 0 Å². The van der Waals surface area contributed by atoms with Crippen LogP contribution in [0.3, 0.4) is 0 Å². The summed E-state index contributed by atoms with van der Waals surface area (Å²) in [4.78, 5) is 12.3. The number of benzene rings is 1. The van der Waals surface area contributed by atoms with E-state index in [9.17, 15) is 9.90 Å². The van der Waals surface area contributed by atoms with E-state index in [0.717, 1.165) is 11.3 Å². The second kappa shape index (κ2) is 6.94. The van der Waals surface area contributed by atoms with E-state index in [1.54, 1.807) is 0 Å². The zero-order valence-electron chi connectivity index (χ0n) is 13.8. The van der Waals surface area contributed by atoms with E-state index in [1.165, 1.54) is 0 Å². The molecular weight excluding hydrogens is 264 g/mol. The van der Waals surface area contributed by atoms with Gasteiger partial charge >= 0.3 is 6.03 Å². The zero-order chi connectivity index (χ0) is 16.1. The third kappa shape index (κ3) is 4.46. The Hall–Kier alpha value is -1.55. The van der Waals surface area contributed by atoms with Crippen molar-refractivity contribution in [3.05, 3.63) is 29.8 Å². The normalized spacial score (nSPS) is 12.1. The summed E-state index contributed by atoms with van der Waals surface area (Å²) < 4.78 is 0. The number of rotatable bonds is 5. The summed E-state index contributed by atoms with van der Waals surface area (Å²) in [5.74, 6) is 0. The fraction of sp³-hybridized carbons (Fsp3) is 0.588. The summed E-state index contributed by atoms with van der Waals surface area (Å²) in [5, 5.41) is 15.4. The molecule has 1 rings (SSSR count). The first-order valence-electron chi connectivity index (χ1n) is 7.57. The van der Waals surface area contributed by atoms with E-state index in [2.05, 4.69) is 31.4 Å². The molecule has 4 heteroatoms. The summed E-state index contributed by atoms with van der Waals surface area (Å²) in [6.45, 7) is 10.2. The monoisotopic (exact) mass is 292 g/mol. The van der Waals surface area contributed by atoms with Crippen molar-refractivity contribution >= 4 is 11.7 Å². The topological polar surface area (TPSA) is 61.4 Å². The summed E-state index contributed by atoms with van der Waals surface area (Å²) >= 11 is 0. The van der Waals surface area contributed by atoms with Crippen molar-refractivity contribution in [1.29, 1.82) is 0 Å². The molecule has 1 aromatic rings. The fourth-order valence-corrected chi connectivity index (χ4v) is 2.33. The van der Waals surface area contributed by atoms with Gasteiger partial charge in [-0.25, -0.2) is 4.79 Å². The molecule has 0 aromatic heterocycles. The van der Waals surface area contributed by atoms with Crippen LogP contribution < -0.4 is 10.6 Å². The molecule has 118 valence electrons. The Labute approximate surface area is 128 Å². The lowest BCUT2D eigenvalue weighted by atomic mass is 9.86. The first kappa shape index (κ1) is 17.5. The number of nitrogens with one attached hydrogen (secondary N) is 2. The number of carbonyl (C=O) groups is 1. The SMILES string of the molecule is CCC(CC)(CO)NC(=O)Nc1ccccc1C(C)(C)C. The van der Waals surface area contributed by atoms with Crippen molar-refractivity contribution in [2.75, 3.05) is 11.9 Å². The van der Waals surface area contributed by atoms with Crippen LogP contribution in [0.15, 0.2) is 24.3 Å². The van der Waals surface area contributed by atoms with Gasteiger partial charge in [0.2, 0.25) is 0 Å². The van der Waals surface area contributed by atoms with Crippen LogP contribution in [0, 0.1) is 0 Å². The standard InChI is InChI=1S/C17H28N2O2/c1-6-17(7-2,12-20)19-15(21)18-14-11-9-8-10-13(14)16(3,4)5/h8-11,20H,6-7,12H2,1-5H3,(H2,18,19,21). The molecule has 0 radical (unpaired) electrons. The first-order valence-corrected chi connectivity index (χ1v) is 7.57. The van der Waals surface area contributed by atoms with Crippen molar-refractivity contribution < 1.29 is 9.90 Å². The minimum Gasteiger partial charge on any atom is -0.394 e. The molecule has 0 aliphatic heterocycles. The summed E-state index contributed by atoms with van der Waals surface area (Å²) in [6, 6.07) is 7.53. The lowest BCUT2D eigenvalue weighted by molar-refractivity contribution is 0.155. The number of carbonyl (C=O) groups excluding carboxylic acids is 1. The van der Waals surface area contributed by atoms with Gasteiger partial charge in [0.05, 0.1) is 12.1 Å².